The third-order valence-electron chi connectivity index (χ3n) is 2.96. The number of nitrogens with two attached hydrogens (primary N) is 1. The first-order chi connectivity index (χ1) is 9.49. The Balaban J connectivity index is 2.38. The summed E-state index contributed by atoms with van der Waals surface area (Å²) < 4.78 is 14.1. The molecule has 5 nitrogen and oxygen atoms in total. The summed E-state index contributed by atoms with van der Waals surface area (Å²) in [7, 11) is 0. The zero-order valence-corrected chi connectivity index (χ0v) is 11.8. The Labute approximate surface area is 121 Å². The lowest BCUT2D eigenvalue weighted by Gasteiger charge is -2.02. The second kappa shape index (κ2) is 4.53. The maximum atomic E-state index is 14.1. The number of thiophene rings is 1. The molecule has 0 spiro atoms. The molecule has 3 heterocycles. The number of aryl methyl sites for hydroxylation is 1. The zero-order chi connectivity index (χ0) is 14.4. The van der Waals surface area contributed by atoms with Crippen LogP contribution in [0.2, 0.25) is 5.15 Å². The summed E-state index contributed by atoms with van der Waals surface area (Å²) in [4.78, 5) is 22.2. The summed E-state index contributed by atoms with van der Waals surface area (Å²) in [6.45, 7) is 1.75. The highest BCUT2D eigenvalue weighted by atomic mass is 35.5. The Hall–Kier alpha value is -1.99. The fraction of sp³-hybridized carbons (Fsp3) is 0.0833. The number of fused-ring (bicyclic) bond motifs is 1. The normalized spacial score (nSPS) is 11.2. The van der Waals surface area contributed by atoms with Crippen molar-refractivity contribution < 1.29 is 9.37 Å². The molecule has 0 aromatic carbocycles. The van der Waals surface area contributed by atoms with Crippen LogP contribution in [-0.4, -0.2) is 9.97 Å². The van der Waals surface area contributed by atoms with Crippen LogP contribution in [0.5, 0.6) is 0 Å². The van der Waals surface area contributed by atoms with Crippen molar-refractivity contribution >= 4 is 39.1 Å². The molecule has 0 bridgehead atoms. The van der Waals surface area contributed by atoms with Gasteiger partial charge in [-0.2, -0.15) is 0 Å². The molecule has 8 heteroatoms. The molecule has 0 amide bonds. The summed E-state index contributed by atoms with van der Waals surface area (Å²) in [5.74, 6) is -0.447. The lowest BCUT2D eigenvalue weighted by Crippen LogP contribution is -2.20. The molecule has 102 valence electrons. The van der Waals surface area contributed by atoms with Crippen LogP contribution >= 0.6 is 22.9 Å². The number of anilines is 1. The van der Waals surface area contributed by atoms with Gasteiger partial charge in [0.25, 0.3) is 0 Å². The Morgan fingerprint density at radius 2 is 2.30 bits per heavy atom. The smallest absolute Gasteiger partial charge is 0.290 e. The molecule has 3 rings (SSSR count). The Morgan fingerprint density at radius 3 is 3.05 bits per heavy atom. The minimum atomic E-state index is -0.603. The molecule has 0 unspecified atom stereocenters. The highest BCUT2D eigenvalue weighted by Gasteiger charge is 2.20. The maximum Gasteiger partial charge on any atom is 0.354 e. The van der Waals surface area contributed by atoms with E-state index in [9.17, 15) is 9.18 Å². The largest absolute Gasteiger partial charge is 0.354 e. The monoisotopic (exact) mass is 311 g/mol. The zero-order valence-electron chi connectivity index (χ0n) is 10.3. The van der Waals surface area contributed by atoms with E-state index >= 15 is 0 Å². The molecule has 0 atom stereocenters. The summed E-state index contributed by atoms with van der Waals surface area (Å²) in [5.41, 5.74) is 6.24. The van der Waals surface area contributed by atoms with E-state index in [1.54, 1.807) is 6.92 Å². The number of nitrogens with one attached hydrogen (secondary N) is 2. The van der Waals surface area contributed by atoms with Crippen LogP contribution in [0.15, 0.2) is 17.1 Å². The van der Waals surface area contributed by atoms with Crippen LogP contribution in [0.4, 0.5) is 10.3 Å². The van der Waals surface area contributed by atoms with Crippen LogP contribution < -0.4 is 16.3 Å². The van der Waals surface area contributed by atoms with Crippen molar-refractivity contribution in [1.82, 2.24) is 9.97 Å². The van der Waals surface area contributed by atoms with Gasteiger partial charge in [0.1, 0.15) is 5.39 Å². The molecular formula is C12H9ClFN4OS+. The van der Waals surface area contributed by atoms with Gasteiger partial charge < -0.3 is 0 Å². The number of hydrogen-bond acceptors (Lipinski definition) is 4. The number of nitrogens with zero attached hydrogens (tertiary/aromatic N) is 1. The van der Waals surface area contributed by atoms with Gasteiger partial charge in [-0.25, -0.2) is 19.3 Å². The molecule has 0 fully saturated rings. The molecule has 0 radical (unpaired) electrons. The molecule has 0 aliphatic rings. The van der Waals surface area contributed by atoms with Crippen LogP contribution in [0.1, 0.15) is 5.56 Å². The fourth-order valence-corrected chi connectivity index (χ4v) is 3.46. The number of hydrogen-bond donors (Lipinski definition) is 2. The van der Waals surface area contributed by atoms with Crippen LogP contribution in [0, 0.1) is 12.7 Å². The quantitative estimate of drug-likeness (QED) is 0.675. The summed E-state index contributed by atoms with van der Waals surface area (Å²) in [6.07, 6.45) is 1.42. The molecular weight excluding hydrogens is 303 g/mol. The number of H-pyrrole nitrogens is 2. The number of aromatic amines is 2. The number of nitrogen functional groups attached to an aromatic ring is 1. The van der Waals surface area contributed by atoms with E-state index < -0.39 is 5.82 Å². The third kappa shape index (κ3) is 1.86. The van der Waals surface area contributed by atoms with Crippen LogP contribution in [0.25, 0.3) is 20.7 Å². The number of aromatic nitrogens is 3. The topological polar surface area (TPSA) is 85.9 Å². The van der Waals surface area contributed by atoms with E-state index in [-0.39, 0.29) is 16.7 Å². The molecule has 4 N–H and O–H groups in total. The predicted octanol–water partition coefficient (Wildman–Crippen LogP) is 2.15. The number of pyridine rings is 1. The highest BCUT2D eigenvalue weighted by molar-refractivity contribution is 7.21. The average molecular weight is 312 g/mol. The Morgan fingerprint density at radius 1 is 1.55 bits per heavy atom. The van der Waals surface area contributed by atoms with E-state index in [4.69, 9.17) is 17.3 Å². The van der Waals surface area contributed by atoms with Crippen molar-refractivity contribution in [2.45, 2.75) is 6.92 Å². The van der Waals surface area contributed by atoms with Gasteiger partial charge in [-0.15, -0.1) is 11.3 Å². The van der Waals surface area contributed by atoms with E-state index in [1.807, 2.05) is 0 Å². The minimum absolute atomic E-state index is 0.156. The average Bonchev–Trinajstić information content (AvgIpc) is 2.70. The first-order valence-electron chi connectivity index (χ1n) is 5.63. The van der Waals surface area contributed by atoms with E-state index in [1.165, 1.54) is 23.6 Å². The van der Waals surface area contributed by atoms with Crippen molar-refractivity contribution in [2.24, 2.45) is 0 Å². The molecule has 0 saturated heterocycles. The van der Waals surface area contributed by atoms with Crippen LogP contribution in [0.3, 0.4) is 0 Å². The second-order valence-electron chi connectivity index (χ2n) is 4.22. The molecule has 20 heavy (non-hydrogen) atoms. The molecule has 3 aromatic rings. The molecule has 0 saturated carbocycles. The summed E-state index contributed by atoms with van der Waals surface area (Å²) in [6, 6.07) is 1.52. The third-order valence-corrected chi connectivity index (χ3v) is 4.47. The highest BCUT2D eigenvalue weighted by Crippen LogP contribution is 2.37. The Kier molecular flexibility index (Phi) is 2.95. The number of halogens is 2. The van der Waals surface area contributed by atoms with Crippen molar-refractivity contribution in [2.75, 3.05) is 5.73 Å². The molecule has 3 aromatic heterocycles. The first kappa shape index (κ1) is 13.0. The van der Waals surface area contributed by atoms with E-state index in [2.05, 4.69) is 15.0 Å². The fourth-order valence-electron chi connectivity index (χ4n) is 2.06. The number of rotatable bonds is 1. The van der Waals surface area contributed by atoms with Gasteiger partial charge in [0.05, 0.1) is 0 Å². The van der Waals surface area contributed by atoms with Crippen molar-refractivity contribution in [1.29, 1.82) is 0 Å². The SMILES string of the molecule is Cc1c(-c2ccnc(Cl)c2F)sc2[nH+]c(N)[nH]c(=O)c12. The van der Waals surface area contributed by atoms with Gasteiger partial charge in [0.15, 0.2) is 15.8 Å². The van der Waals surface area contributed by atoms with Crippen molar-refractivity contribution in [3.05, 3.63) is 39.2 Å². The molecule has 0 aliphatic heterocycles. The van der Waals surface area contributed by atoms with Gasteiger partial charge in [-0.1, -0.05) is 11.6 Å². The lowest BCUT2D eigenvalue weighted by molar-refractivity contribution is -0.327. The minimum Gasteiger partial charge on any atom is -0.290 e. The predicted molar refractivity (Wildman–Crippen MR) is 76.3 cm³/mol. The first-order valence-corrected chi connectivity index (χ1v) is 6.83. The standard InChI is InChI=1S/C12H8ClFN4OS/c1-4-6-10(19)17-12(15)18-11(6)20-8(4)5-2-3-16-9(13)7(5)14/h2-3H,1H3,(H3,15,17,18,19)/p+1. The second-order valence-corrected chi connectivity index (χ2v) is 5.60. The van der Waals surface area contributed by atoms with Gasteiger partial charge in [-0.05, 0) is 18.6 Å². The summed E-state index contributed by atoms with van der Waals surface area (Å²) in [5, 5.41) is 0.267. The van der Waals surface area contributed by atoms with E-state index in [0.29, 0.717) is 26.2 Å². The van der Waals surface area contributed by atoms with Gasteiger partial charge in [0.2, 0.25) is 0 Å². The van der Waals surface area contributed by atoms with Gasteiger partial charge in [-0.3, -0.25) is 10.5 Å². The maximum absolute atomic E-state index is 14.1. The molecule has 0 aliphatic carbocycles. The Bertz CT molecular complexity index is 889. The van der Waals surface area contributed by atoms with Crippen molar-refractivity contribution in [3.8, 4) is 10.4 Å². The van der Waals surface area contributed by atoms with Crippen molar-refractivity contribution in [3.63, 3.8) is 0 Å². The summed E-state index contributed by atoms with van der Waals surface area (Å²) >= 11 is 6.94. The van der Waals surface area contributed by atoms with Gasteiger partial charge in [0, 0.05) is 16.6 Å². The van der Waals surface area contributed by atoms with Crippen LogP contribution in [-0.2, 0) is 0 Å². The lowest BCUT2D eigenvalue weighted by atomic mass is 10.1. The van der Waals surface area contributed by atoms with Gasteiger partial charge >= 0.3 is 11.5 Å². The van der Waals surface area contributed by atoms with E-state index in [0.717, 1.165) is 0 Å².